The molecule has 1 saturated heterocycles. The molecule has 2 unspecified atom stereocenters. The van der Waals surface area contributed by atoms with Crippen LogP contribution >= 0.6 is 11.6 Å². The van der Waals surface area contributed by atoms with Gasteiger partial charge in [-0.1, -0.05) is 11.6 Å². The van der Waals surface area contributed by atoms with Gasteiger partial charge in [0.05, 0.1) is 28.3 Å². The van der Waals surface area contributed by atoms with Crippen molar-refractivity contribution < 1.29 is 14.2 Å². The van der Waals surface area contributed by atoms with E-state index in [1.54, 1.807) is 30.7 Å². The van der Waals surface area contributed by atoms with E-state index in [1.807, 2.05) is 10.4 Å². The number of nitrogens with zero attached hydrogens (tertiary/aromatic N) is 6. The van der Waals surface area contributed by atoms with Gasteiger partial charge >= 0.3 is 0 Å². The number of amides is 1. The quantitative estimate of drug-likeness (QED) is 0.248. The number of aromatic nitrogens is 3. The van der Waals surface area contributed by atoms with Crippen molar-refractivity contribution >= 4 is 34.8 Å². The van der Waals surface area contributed by atoms with Crippen LogP contribution in [0.3, 0.4) is 0 Å². The van der Waals surface area contributed by atoms with Gasteiger partial charge in [-0.3, -0.25) is 15.3 Å². The third-order valence-corrected chi connectivity index (χ3v) is 6.17. The highest BCUT2D eigenvalue weighted by Gasteiger charge is 2.26. The topological polar surface area (TPSA) is 115 Å². The Morgan fingerprint density at radius 1 is 1.24 bits per heavy atom. The number of carbonyl (C=O) groups excluding carboxylic acids is 1. The molecule has 3 heterocycles. The van der Waals surface area contributed by atoms with E-state index in [4.69, 9.17) is 11.6 Å². The van der Waals surface area contributed by atoms with Gasteiger partial charge in [0.15, 0.2) is 0 Å². The molecule has 0 saturated carbocycles. The molecule has 2 N–H and O–H groups in total. The monoisotopic (exact) mass is 439 g/mol. The van der Waals surface area contributed by atoms with Gasteiger partial charge in [0.25, 0.3) is 0 Å². The summed E-state index contributed by atoms with van der Waals surface area (Å²) in [6, 6.07) is 5.34. The molecule has 0 radical (unpaired) electrons. The number of rotatable bonds is 9. The fourth-order valence-corrected chi connectivity index (χ4v) is 4.28. The van der Waals surface area contributed by atoms with Crippen molar-refractivity contribution in [3.05, 3.63) is 47.6 Å². The standard InChI is InChI=1S/C17H22ClN7O3S/c18-14-2-3-16(21-10-14)23-6-8-24(9-7-23)29(28)12-17(25(27)13-26)22-11-15-19-4-1-5-20-15/h1-5,10,13,17,22,27H,6-9,11-12H2. The van der Waals surface area contributed by atoms with E-state index in [0.29, 0.717) is 42.1 Å². The van der Waals surface area contributed by atoms with E-state index in [-0.39, 0.29) is 18.7 Å². The highest BCUT2D eigenvalue weighted by atomic mass is 35.5. The summed E-state index contributed by atoms with van der Waals surface area (Å²) in [5, 5.41) is 13.9. The van der Waals surface area contributed by atoms with Gasteiger partial charge in [-0.15, -0.1) is 0 Å². The number of hydrogen-bond acceptors (Lipinski definition) is 8. The number of hydroxylamine groups is 2. The van der Waals surface area contributed by atoms with Crippen molar-refractivity contribution in [1.82, 2.24) is 29.6 Å². The van der Waals surface area contributed by atoms with E-state index in [2.05, 4.69) is 25.2 Å². The predicted octanol–water partition coefficient (Wildman–Crippen LogP) is 0.274. The van der Waals surface area contributed by atoms with Crippen LogP contribution in [0.2, 0.25) is 5.02 Å². The molecule has 10 nitrogen and oxygen atoms in total. The van der Waals surface area contributed by atoms with Gasteiger partial charge in [-0.25, -0.2) is 28.5 Å². The van der Waals surface area contributed by atoms with Gasteiger partial charge in [0, 0.05) is 44.8 Å². The van der Waals surface area contributed by atoms with Crippen LogP contribution in [0.5, 0.6) is 0 Å². The summed E-state index contributed by atoms with van der Waals surface area (Å²) >= 11 is 5.87. The highest BCUT2D eigenvalue weighted by molar-refractivity contribution is 7.82. The van der Waals surface area contributed by atoms with Gasteiger partial charge in [-0.05, 0) is 18.2 Å². The van der Waals surface area contributed by atoms with Crippen LogP contribution in [0.1, 0.15) is 5.82 Å². The lowest BCUT2D eigenvalue weighted by Crippen LogP contribution is -2.52. The minimum Gasteiger partial charge on any atom is -0.354 e. The molecule has 2 aromatic heterocycles. The Labute approximate surface area is 176 Å². The van der Waals surface area contributed by atoms with Crippen molar-refractivity contribution in [2.24, 2.45) is 0 Å². The summed E-state index contributed by atoms with van der Waals surface area (Å²) in [6.45, 7) is 2.68. The Balaban J connectivity index is 1.53. The third-order valence-electron chi connectivity index (χ3n) is 4.41. The molecule has 156 valence electrons. The molecular weight excluding hydrogens is 418 g/mol. The maximum atomic E-state index is 12.8. The smallest absolute Gasteiger partial charge is 0.234 e. The van der Waals surface area contributed by atoms with E-state index in [9.17, 15) is 14.2 Å². The van der Waals surface area contributed by atoms with E-state index in [1.165, 1.54) is 0 Å². The zero-order chi connectivity index (χ0) is 20.6. The van der Waals surface area contributed by atoms with E-state index >= 15 is 0 Å². The molecule has 1 aliphatic rings. The second-order valence-corrected chi connectivity index (χ2v) is 8.22. The van der Waals surface area contributed by atoms with Crippen LogP contribution in [0, 0.1) is 0 Å². The number of nitrogens with one attached hydrogen (secondary N) is 1. The van der Waals surface area contributed by atoms with Crippen molar-refractivity contribution in [3.63, 3.8) is 0 Å². The summed E-state index contributed by atoms with van der Waals surface area (Å²) in [6.07, 6.45) is 4.26. The molecule has 0 aliphatic carbocycles. The molecule has 1 aliphatic heterocycles. The molecule has 0 spiro atoms. The van der Waals surface area contributed by atoms with Crippen LogP contribution in [0.4, 0.5) is 5.82 Å². The highest BCUT2D eigenvalue weighted by Crippen LogP contribution is 2.17. The first kappa shape index (κ1) is 21.5. The molecule has 29 heavy (non-hydrogen) atoms. The van der Waals surface area contributed by atoms with Crippen LogP contribution in [0.25, 0.3) is 0 Å². The Bertz CT molecular complexity index is 806. The maximum absolute atomic E-state index is 12.8. The van der Waals surface area contributed by atoms with Crippen LogP contribution in [0.15, 0.2) is 36.8 Å². The number of pyridine rings is 1. The first-order valence-corrected chi connectivity index (χ1v) is 10.6. The molecule has 2 aromatic rings. The molecule has 12 heteroatoms. The van der Waals surface area contributed by atoms with Crippen LogP contribution < -0.4 is 10.2 Å². The van der Waals surface area contributed by atoms with Crippen LogP contribution in [-0.2, 0) is 22.3 Å². The fourth-order valence-electron chi connectivity index (χ4n) is 2.85. The van der Waals surface area contributed by atoms with E-state index in [0.717, 1.165) is 5.82 Å². The first-order valence-electron chi connectivity index (χ1n) is 8.98. The maximum Gasteiger partial charge on any atom is 0.234 e. The number of halogens is 1. The largest absolute Gasteiger partial charge is 0.354 e. The minimum absolute atomic E-state index is 0.0429. The van der Waals surface area contributed by atoms with Gasteiger partial charge in [0.2, 0.25) is 6.41 Å². The van der Waals surface area contributed by atoms with E-state index < -0.39 is 17.2 Å². The molecule has 1 amide bonds. The second-order valence-electron chi connectivity index (χ2n) is 6.29. The molecular formula is C17H22ClN7O3S. The van der Waals surface area contributed by atoms with Crippen molar-refractivity contribution in [3.8, 4) is 0 Å². The zero-order valence-corrected chi connectivity index (χ0v) is 17.2. The minimum atomic E-state index is -1.39. The van der Waals surface area contributed by atoms with Crippen molar-refractivity contribution in [1.29, 1.82) is 0 Å². The normalized spacial score (nSPS) is 17.0. The molecule has 0 aromatic carbocycles. The summed E-state index contributed by atoms with van der Waals surface area (Å²) in [7, 11) is -1.39. The van der Waals surface area contributed by atoms with Gasteiger partial charge in [0.1, 0.15) is 17.8 Å². The Kier molecular flexibility index (Phi) is 7.83. The summed E-state index contributed by atoms with van der Waals surface area (Å²) in [4.78, 5) is 25.6. The molecule has 3 rings (SSSR count). The van der Waals surface area contributed by atoms with Crippen molar-refractivity contribution in [2.75, 3.05) is 36.8 Å². The summed E-state index contributed by atoms with van der Waals surface area (Å²) < 4.78 is 14.6. The number of hydrogen-bond donors (Lipinski definition) is 2. The molecule has 2 atom stereocenters. The Morgan fingerprint density at radius 3 is 2.59 bits per heavy atom. The fraction of sp³-hybridized carbons (Fsp3) is 0.412. The Hall–Kier alpha value is -2.18. The first-order chi connectivity index (χ1) is 14.1. The third kappa shape index (κ3) is 6.15. The second kappa shape index (κ2) is 10.6. The summed E-state index contributed by atoms with van der Waals surface area (Å²) in [5.74, 6) is 1.37. The molecule has 0 bridgehead atoms. The van der Waals surface area contributed by atoms with Gasteiger partial charge < -0.3 is 4.90 Å². The summed E-state index contributed by atoms with van der Waals surface area (Å²) in [5.41, 5.74) is 0. The predicted molar refractivity (Wildman–Crippen MR) is 108 cm³/mol. The zero-order valence-electron chi connectivity index (χ0n) is 15.6. The SMILES string of the molecule is O=CN(O)C(CS(=O)N1CCN(c2ccc(Cl)cn2)CC1)NCc1ncccn1. The average molecular weight is 440 g/mol. The Morgan fingerprint density at radius 2 is 1.97 bits per heavy atom. The number of carbonyl (C=O) groups is 1. The molecule has 1 fully saturated rings. The lowest BCUT2D eigenvalue weighted by atomic mass is 10.3. The number of anilines is 1. The van der Waals surface area contributed by atoms with Crippen LogP contribution in [-0.4, -0.2) is 78.2 Å². The number of piperazine rings is 1. The van der Waals surface area contributed by atoms with Gasteiger partial charge in [-0.2, -0.15) is 0 Å². The lowest BCUT2D eigenvalue weighted by Gasteiger charge is -2.35. The lowest BCUT2D eigenvalue weighted by molar-refractivity contribution is -0.161. The van der Waals surface area contributed by atoms with Crippen molar-refractivity contribution in [2.45, 2.75) is 12.7 Å². The average Bonchev–Trinajstić information content (AvgIpc) is 2.77.